The number of benzene rings is 1. The molecule has 7 heteroatoms. The Morgan fingerprint density at radius 1 is 1.37 bits per heavy atom. The van der Waals surface area contributed by atoms with Gasteiger partial charge in [-0.25, -0.2) is 4.98 Å². The summed E-state index contributed by atoms with van der Waals surface area (Å²) in [5.74, 6) is -0.109. The summed E-state index contributed by atoms with van der Waals surface area (Å²) < 4.78 is 1.44. The van der Waals surface area contributed by atoms with Gasteiger partial charge in [0.1, 0.15) is 0 Å². The predicted octanol–water partition coefficient (Wildman–Crippen LogP) is 2.39. The van der Waals surface area contributed by atoms with Gasteiger partial charge in [0.15, 0.2) is 0 Å². The second kappa shape index (κ2) is 7.62. The molecular formula is C20H22N4O2S. The van der Waals surface area contributed by atoms with E-state index in [1.807, 2.05) is 0 Å². The predicted molar refractivity (Wildman–Crippen MR) is 107 cm³/mol. The molecule has 1 unspecified atom stereocenters. The van der Waals surface area contributed by atoms with Crippen LogP contribution in [0, 0.1) is 0 Å². The molecule has 27 heavy (non-hydrogen) atoms. The first-order chi connectivity index (χ1) is 13.1. The number of hydrogen-bond acceptors (Lipinski definition) is 5. The smallest absolute Gasteiger partial charge is 0.260 e. The first kappa shape index (κ1) is 17.9. The number of amides is 1. The van der Waals surface area contributed by atoms with Crippen LogP contribution in [0.4, 0.5) is 0 Å². The van der Waals surface area contributed by atoms with Gasteiger partial charge in [0, 0.05) is 36.6 Å². The molecule has 1 N–H and O–H groups in total. The number of piperidine rings is 1. The van der Waals surface area contributed by atoms with Crippen molar-refractivity contribution in [2.45, 2.75) is 25.4 Å². The van der Waals surface area contributed by atoms with Crippen LogP contribution in [-0.2, 0) is 13.6 Å². The van der Waals surface area contributed by atoms with Crippen LogP contribution in [0.3, 0.4) is 0 Å². The quantitative estimate of drug-likeness (QED) is 0.752. The molecule has 2 aromatic heterocycles. The Hall–Kier alpha value is -2.51. The lowest BCUT2D eigenvalue weighted by molar-refractivity contribution is 0.0901. The molecule has 1 aromatic carbocycles. The van der Waals surface area contributed by atoms with Crippen LogP contribution in [0.2, 0.25) is 0 Å². The maximum absolute atomic E-state index is 12.7. The molecule has 140 valence electrons. The Labute approximate surface area is 161 Å². The van der Waals surface area contributed by atoms with E-state index in [9.17, 15) is 9.59 Å². The van der Waals surface area contributed by atoms with Crippen LogP contribution in [0.25, 0.3) is 10.9 Å². The number of likely N-dealkylation sites (tertiary alicyclic amines) is 1. The molecule has 6 nitrogen and oxygen atoms in total. The molecule has 0 radical (unpaired) electrons. The second-order valence-electron chi connectivity index (χ2n) is 7.02. The third kappa shape index (κ3) is 3.94. The van der Waals surface area contributed by atoms with E-state index in [1.165, 1.54) is 15.8 Å². The van der Waals surface area contributed by atoms with Gasteiger partial charge in [0.05, 0.1) is 17.2 Å². The van der Waals surface area contributed by atoms with Crippen LogP contribution >= 0.6 is 11.3 Å². The summed E-state index contributed by atoms with van der Waals surface area (Å²) in [5, 5.41) is 5.77. The third-order valence-corrected chi connectivity index (χ3v) is 5.84. The zero-order chi connectivity index (χ0) is 18.8. The van der Waals surface area contributed by atoms with E-state index >= 15 is 0 Å². The lowest BCUT2D eigenvalue weighted by atomic mass is 10.0. The molecule has 0 aliphatic carbocycles. The topological polar surface area (TPSA) is 67.2 Å². The van der Waals surface area contributed by atoms with Crippen LogP contribution in [-0.4, -0.2) is 39.5 Å². The van der Waals surface area contributed by atoms with Crippen molar-refractivity contribution in [2.75, 3.05) is 13.1 Å². The van der Waals surface area contributed by atoms with Gasteiger partial charge in [-0.3, -0.25) is 14.5 Å². The maximum Gasteiger partial charge on any atom is 0.260 e. The number of hydrogen-bond donors (Lipinski definition) is 1. The molecule has 3 aromatic rings. The van der Waals surface area contributed by atoms with E-state index < -0.39 is 0 Å². The molecule has 0 bridgehead atoms. The molecule has 1 fully saturated rings. The van der Waals surface area contributed by atoms with Crippen molar-refractivity contribution in [3.05, 3.63) is 62.8 Å². The molecule has 1 aliphatic rings. The van der Waals surface area contributed by atoms with Crippen molar-refractivity contribution < 1.29 is 4.79 Å². The minimum absolute atomic E-state index is 0.108. The molecule has 0 saturated carbocycles. The highest BCUT2D eigenvalue weighted by Gasteiger charge is 2.22. The van der Waals surface area contributed by atoms with E-state index in [2.05, 4.69) is 32.7 Å². The van der Waals surface area contributed by atoms with Crippen LogP contribution in [0.15, 0.2) is 46.8 Å². The first-order valence-electron chi connectivity index (χ1n) is 9.11. The van der Waals surface area contributed by atoms with Crippen LogP contribution < -0.4 is 10.9 Å². The maximum atomic E-state index is 12.7. The Balaban J connectivity index is 1.44. The zero-order valence-corrected chi connectivity index (χ0v) is 16.0. The van der Waals surface area contributed by atoms with E-state index in [-0.39, 0.29) is 17.5 Å². The van der Waals surface area contributed by atoms with Crippen molar-refractivity contribution in [2.24, 2.45) is 7.05 Å². The number of thiophene rings is 1. The fraction of sp³-hybridized carbons (Fsp3) is 0.350. The summed E-state index contributed by atoms with van der Waals surface area (Å²) in [7, 11) is 1.67. The summed E-state index contributed by atoms with van der Waals surface area (Å²) in [6.45, 7) is 2.86. The summed E-state index contributed by atoms with van der Waals surface area (Å²) in [6.07, 6.45) is 3.54. The fourth-order valence-electron chi connectivity index (χ4n) is 3.56. The lowest BCUT2D eigenvalue weighted by Gasteiger charge is -2.32. The highest BCUT2D eigenvalue weighted by molar-refractivity contribution is 7.09. The fourth-order valence-corrected chi connectivity index (χ4v) is 4.31. The Morgan fingerprint density at radius 3 is 3.07 bits per heavy atom. The highest BCUT2D eigenvalue weighted by atomic mass is 32.1. The average Bonchev–Trinajstić information content (AvgIpc) is 3.18. The van der Waals surface area contributed by atoms with Gasteiger partial charge in [0.25, 0.3) is 11.5 Å². The van der Waals surface area contributed by atoms with E-state index in [0.29, 0.717) is 16.5 Å². The van der Waals surface area contributed by atoms with Gasteiger partial charge in [-0.05, 0) is 49.0 Å². The molecule has 1 atom stereocenters. The van der Waals surface area contributed by atoms with Crippen molar-refractivity contribution in [3.63, 3.8) is 0 Å². The number of nitrogens with one attached hydrogen (secondary N) is 1. The summed E-state index contributed by atoms with van der Waals surface area (Å²) in [5.41, 5.74) is 0.982. The lowest BCUT2D eigenvalue weighted by Crippen LogP contribution is -2.47. The van der Waals surface area contributed by atoms with Crippen molar-refractivity contribution in [3.8, 4) is 0 Å². The van der Waals surface area contributed by atoms with Gasteiger partial charge in [-0.2, -0.15) is 0 Å². The molecule has 1 saturated heterocycles. The normalized spacial score (nSPS) is 17.9. The summed E-state index contributed by atoms with van der Waals surface area (Å²) in [4.78, 5) is 32.8. The number of rotatable bonds is 4. The van der Waals surface area contributed by atoms with Crippen molar-refractivity contribution >= 4 is 28.1 Å². The summed E-state index contributed by atoms with van der Waals surface area (Å²) >= 11 is 1.77. The van der Waals surface area contributed by atoms with Gasteiger partial charge in [-0.15, -0.1) is 11.3 Å². The molecule has 4 rings (SSSR count). The molecule has 1 amide bonds. The van der Waals surface area contributed by atoms with E-state index in [4.69, 9.17) is 0 Å². The minimum Gasteiger partial charge on any atom is -0.348 e. The molecule has 1 aliphatic heterocycles. The zero-order valence-electron chi connectivity index (χ0n) is 15.2. The monoisotopic (exact) mass is 382 g/mol. The van der Waals surface area contributed by atoms with Crippen molar-refractivity contribution in [1.82, 2.24) is 19.8 Å². The van der Waals surface area contributed by atoms with E-state index in [1.54, 1.807) is 36.6 Å². The SMILES string of the molecule is Cn1cnc2cc(C(=O)NC3CCCN(Cc4cccs4)C3)ccc2c1=O. The number of carbonyl (C=O) groups is 1. The third-order valence-electron chi connectivity index (χ3n) is 4.98. The highest BCUT2D eigenvalue weighted by Crippen LogP contribution is 2.17. The van der Waals surface area contributed by atoms with Gasteiger partial charge in [-0.1, -0.05) is 6.07 Å². The molecule has 3 heterocycles. The molecule has 0 spiro atoms. The minimum atomic E-state index is -0.109. The second-order valence-corrected chi connectivity index (χ2v) is 8.05. The van der Waals surface area contributed by atoms with Gasteiger partial charge < -0.3 is 9.88 Å². The van der Waals surface area contributed by atoms with Crippen LogP contribution in [0.1, 0.15) is 28.1 Å². The number of carbonyl (C=O) groups excluding carboxylic acids is 1. The number of aromatic nitrogens is 2. The largest absolute Gasteiger partial charge is 0.348 e. The van der Waals surface area contributed by atoms with Gasteiger partial charge in [0.2, 0.25) is 0 Å². The Kier molecular flexibility index (Phi) is 5.05. The van der Waals surface area contributed by atoms with Gasteiger partial charge >= 0.3 is 0 Å². The van der Waals surface area contributed by atoms with Crippen molar-refractivity contribution in [1.29, 1.82) is 0 Å². The standard InChI is InChI=1S/C20H22N4O2S/c1-23-13-21-18-10-14(6-7-17(18)20(23)26)19(25)22-15-4-2-8-24(11-15)12-16-5-3-9-27-16/h3,5-7,9-10,13,15H,2,4,8,11-12H2,1H3,(H,22,25). The van der Waals surface area contributed by atoms with Crippen LogP contribution in [0.5, 0.6) is 0 Å². The Bertz CT molecular complexity index is 1010. The molecular weight excluding hydrogens is 360 g/mol. The first-order valence-corrected chi connectivity index (χ1v) is 9.99. The number of nitrogens with zero attached hydrogens (tertiary/aromatic N) is 3. The average molecular weight is 382 g/mol. The number of aryl methyl sites for hydroxylation is 1. The number of fused-ring (bicyclic) bond motifs is 1. The Morgan fingerprint density at radius 2 is 2.26 bits per heavy atom. The van der Waals surface area contributed by atoms with E-state index in [0.717, 1.165) is 32.5 Å². The summed E-state index contributed by atoms with van der Waals surface area (Å²) in [6, 6.07) is 9.44.